The number of nitrogens with one attached hydrogen (secondary N) is 1. The Kier molecular flexibility index (Phi) is 4.34. The number of hydrogen-bond donors (Lipinski definition) is 2. The van der Waals surface area contributed by atoms with Gasteiger partial charge in [-0.25, -0.2) is 0 Å². The maximum Gasteiger partial charge on any atom is 0.305 e. The molecule has 2 heterocycles. The second-order valence-corrected chi connectivity index (χ2v) is 5.83. The second kappa shape index (κ2) is 5.99. The molecule has 0 unspecified atom stereocenters. The second-order valence-electron chi connectivity index (χ2n) is 4.11. The zero-order valence-electron chi connectivity index (χ0n) is 10.3. The molecule has 0 bridgehead atoms. The number of amides is 1. The van der Waals surface area contributed by atoms with E-state index in [1.165, 1.54) is 22.7 Å². The van der Waals surface area contributed by atoms with Crippen LogP contribution in [0, 0.1) is 6.92 Å². The van der Waals surface area contributed by atoms with Crippen molar-refractivity contribution < 1.29 is 14.7 Å². The number of hydrogen-bond acceptors (Lipinski definition) is 4. The predicted molar refractivity (Wildman–Crippen MR) is 75.8 cm³/mol. The summed E-state index contributed by atoms with van der Waals surface area (Å²) in [4.78, 5) is 23.9. The van der Waals surface area contributed by atoms with Gasteiger partial charge in [0.1, 0.15) is 0 Å². The monoisotopic (exact) mass is 295 g/mol. The van der Waals surface area contributed by atoms with Crippen LogP contribution in [-0.4, -0.2) is 17.0 Å². The van der Waals surface area contributed by atoms with E-state index in [1.807, 2.05) is 29.8 Å². The van der Waals surface area contributed by atoms with Gasteiger partial charge in [0.15, 0.2) is 0 Å². The Morgan fingerprint density at radius 1 is 1.42 bits per heavy atom. The van der Waals surface area contributed by atoms with E-state index in [0.717, 1.165) is 10.4 Å². The Morgan fingerprint density at radius 2 is 2.21 bits per heavy atom. The van der Waals surface area contributed by atoms with Crippen LogP contribution in [0.1, 0.15) is 33.3 Å². The average Bonchev–Trinajstić information content (AvgIpc) is 2.97. The first-order valence-corrected chi connectivity index (χ1v) is 7.49. The van der Waals surface area contributed by atoms with Crippen LogP contribution in [0.5, 0.6) is 0 Å². The molecular weight excluding hydrogens is 282 g/mol. The maximum atomic E-state index is 12.1. The van der Waals surface area contributed by atoms with Gasteiger partial charge in [0.2, 0.25) is 0 Å². The van der Waals surface area contributed by atoms with Crippen molar-refractivity contribution in [2.45, 2.75) is 19.4 Å². The highest BCUT2D eigenvalue weighted by atomic mass is 32.1. The molecule has 0 saturated heterocycles. The van der Waals surface area contributed by atoms with Crippen molar-refractivity contribution >= 4 is 34.6 Å². The van der Waals surface area contributed by atoms with Crippen LogP contribution < -0.4 is 5.32 Å². The fraction of sp³-hybridized carbons (Fsp3) is 0.231. The maximum absolute atomic E-state index is 12.1. The molecule has 0 aromatic carbocycles. The van der Waals surface area contributed by atoms with Crippen molar-refractivity contribution in [1.82, 2.24) is 5.32 Å². The van der Waals surface area contributed by atoms with Crippen molar-refractivity contribution in [2.24, 2.45) is 0 Å². The lowest BCUT2D eigenvalue weighted by Crippen LogP contribution is -2.29. The first-order chi connectivity index (χ1) is 9.08. The third-order valence-electron chi connectivity index (χ3n) is 2.67. The Labute approximate surface area is 118 Å². The van der Waals surface area contributed by atoms with Crippen LogP contribution in [0.15, 0.2) is 28.3 Å². The Morgan fingerprint density at radius 3 is 2.74 bits per heavy atom. The molecule has 0 saturated carbocycles. The van der Waals surface area contributed by atoms with Crippen LogP contribution >= 0.6 is 22.7 Å². The van der Waals surface area contributed by atoms with Crippen molar-refractivity contribution in [1.29, 1.82) is 0 Å². The Bertz CT molecular complexity index is 574. The zero-order chi connectivity index (χ0) is 13.8. The normalized spacial score (nSPS) is 12.1. The summed E-state index contributed by atoms with van der Waals surface area (Å²) in [5.41, 5.74) is 1.51. The van der Waals surface area contributed by atoms with Gasteiger partial charge in [0, 0.05) is 10.3 Å². The van der Waals surface area contributed by atoms with Crippen LogP contribution in [0.2, 0.25) is 0 Å². The number of carbonyl (C=O) groups is 2. The van der Waals surface area contributed by atoms with Crippen molar-refractivity contribution in [2.75, 3.05) is 0 Å². The summed E-state index contributed by atoms with van der Waals surface area (Å²) >= 11 is 2.90. The van der Waals surface area contributed by atoms with Crippen LogP contribution in [0.3, 0.4) is 0 Å². The summed E-state index contributed by atoms with van der Waals surface area (Å²) in [6, 6.07) is 3.19. The third-order valence-corrected chi connectivity index (χ3v) is 4.52. The number of carboxylic acid groups (broad SMARTS) is 1. The van der Waals surface area contributed by atoms with E-state index in [-0.39, 0.29) is 12.3 Å². The number of aryl methyl sites for hydroxylation is 1. The molecule has 1 atom stereocenters. The van der Waals surface area contributed by atoms with Crippen LogP contribution in [0.4, 0.5) is 0 Å². The minimum atomic E-state index is -0.930. The molecule has 0 aliphatic carbocycles. The number of thiophene rings is 2. The van der Waals surface area contributed by atoms with E-state index in [4.69, 9.17) is 5.11 Å². The number of carboxylic acids is 1. The number of aliphatic carboxylic acids is 1. The molecule has 2 aromatic heterocycles. The highest BCUT2D eigenvalue weighted by Gasteiger charge is 2.20. The summed E-state index contributed by atoms with van der Waals surface area (Å²) < 4.78 is 0. The molecule has 0 aliphatic heterocycles. The van der Waals surface area contributed by atoms with Gasteiger partial charge in [-0.3, -0.25) is 9.59 Å². The topological polar surface area (TPSA) is 66.4 Å². The molecule has 0 radical (unpaired) electrons. The van der Waals surface area contributed by atoms with Gasteiger partial charge < -0.3 is 10.4 Å². The molecule has 0 aliphatic rings. The number of rotatable bonds is 5. The van der Waals surface area contributed by atoms with E-state index in [2.05, 4.69) is 5.32 Å². The largest absolute Gasteiger partial charge is 0.481 e. The van der Waals surface area contributed by atoms with E-state index in [1.54, 1.807) is 5.38 Å². The summed E-state index contributed by atoms with van der Waals surface area (Å²) in [5.74, 6) is -1.15. The first kappa shape index (κ1) is 13.8. The SMILES string of the molecule is Cc1cscc1C(=O)N[C@@H](CC(=O)O)c1cccs1. The van der Waals surface area contributed by atoms with Gasteiger partial charge in [-0.05, 0) is 29.3 Å². The fourth-order valence-corrected chi connectivity index (χ4v) is 3.32. The van der Waals surface area contributed by atoms with Crippen molar-refractivity contribution in [3.8, 4) is 0 Å². The molecule has 4 nitrogen and oxygen atoms in total. The summed E-state index contributed by atoms with van der Waals surface area (Å²) in [6.45, 7) is 1.86. The first-order valence-electron chi connectivity index (χ1n) is 5.66. The molecule has 1 amide bonds. The van der Waals surface area contributed by atoms with Gasteiger partial charge in [0.25, 0.3) is 5.91 Å². The molecule has 19 heavy (non-hydrogen) atoms. The van der Waals surface area contributed by atoms with E-state index < -0.39 is 12.0 Å². The summed E-state index contributed by atoms with van der Waals surface area (Å²) in [7, 11) is 0. The smallest absolute Gasteiger partial charge is 0.305 e. The Hall–Kier alpha value is -1.66. The van der Waals surface area contributed by atoms with Crippen molar-refractivity contribution in [3.63, 3.8) is 0 Å². The van der Waals surface area contributed by atoms with Gasteiger partial charge in [-0.2, -0.15) is 11.3 Å². The predicted octanol–water partition coefficient (Wildman–Crippen LogP) is 3.06. The summed E-state index contributed by atoms with van der Waals surface area (Å²) in [5, 5.41) is 17.3. The van der Waals surface area contributed by atoms with Crippen molar-refractivity contribution in [3.05, 3.63) is 44.3 Å². The quantitative estimate of drug-likeness (QED) is 0.891. The molecule has 2 aromatic rings. The van der Waals surface area contributed by atoms with Gasteiger partial charge >= 0.3 is 5.97 Å². The molecular formula is C13H13NO3S2. The lowest BCUT2D eigenvalue weighted by atomic mass is 10.1. The lowest BCUT2D eigenvalue weighted by molar-refractivity contribution is -0.137. The molecule has 2 N–H and O–H groups in total. The summed E-state index contributed by atoms with van der Waals surface area (Å²) in [6.07, 6.45) is -0.116. The lowest BCUT2D eigenvalue weighted by Gasteiger charge is -2.15. The molecule has 6 heteroatoms. The van der Waals surface area contributed by atoms with E-state index in [9.17, 15) is 9.59 Å². The average molecular weight is 295 g/mol. The highest BCUT2D eigenvalue weighted by molar-refractivity contribution is 7.10. The molecule has 0 spiro atoms. The van der Waals surface area contributed by atoms with E-state index >= 15 is 0 Å². The Balaban J connectivity index is 2.15. The highest BCUT2D eigenvalue weighted by Crippen LogP contribution is 2.23. The van der Waals surface area contributed by atoms with Crippen LogP contribution in [0.25, 0.3) is 0 Å². The third kappa shape index (κ3) is 3.42. The minimum absolute atomic E-state index is 0.116. The molecule has 100 valence electrons. The van der Waals surface area contributed by atoms with Crippen LogP contribution in [-0.2, 0) is 4.79 Å². The number of carbonyl (C=O) groups excluding carboxylic acids is 1. The van der Waals surface area contributed by atoms with Gasteiger partial charge in [-0.15, -0.1) is 11.3 Å². The van der Waals surface area contributed by atoms with Gasteiger partial charge in [-0.1, -0.05) is 6.07 Å². The fourth-order valence-electron chi connectivity index (χ4n) is 1.72. The standard InChI is InChI=1S/C13H13NO3S2/c1-8-6-18-7-9(8)13(17)14-10(5-12(15)16)11-3-2-4-19-11/h2-4,6-7,10H,5H2,1H3,(H,14,17)(H,15,16)/t10-/m0/s1. The van der Waals surface area contributed by atoms with Gasteiger partial charge in [0.05, 0.1) is 18.0 Å². The minimum Gasteiger partial charge on any atom is -0.481 e. The van der Waals surface area contributed by atoms with E-state index in [0.29, 0.717) is 5.56 Å². The molecule has 2 rings (SSSR count). The zero-order valence-corrected chi connectivity index (χ0v) is 11.9. The molecule has 0 fully saturated rings.